The first-order chi connectivity index (χ1) is 14.0. The highest BCUT2D eigenvalue weighted by molar-refractivity contribution is 7.93. The van der Waals surface area contributed by atoms with Crippen LogP contribution in [0, 0.1) is 0 Å². The summed E-state index contributed by atoms with van der Waals surface area (Å²) in [5.74, 6) is 0.147. The van der Waals surface area contributed by atoms with E-state index >= 15 is 0 Å². The lowest BCUT2D eigenvalue weighted by molar-refractivity contribution is -0.114. The van der Waals surface area contributed by atoms with Gasteiger partial charge in [0.05, 0.1) is 22.9 Å². The molecule has 0 saturated carbocycles. The van der Waals surface area contributed by atoms with E-state index in [1.807, 2.05) is 18.2 Å². The van der Waals surface area contributed by atoms with E-state index in [0.29, 0.717) is 29.1 Å². The van der Waals surface area contributed by atoms with E-state index in [2.05, 4.69) is 12.2 Å². The minimum atomic E-state index is -3.77. The highest BCUT2D eigenvalue weighted by Crippen LogP contribution is 2.41. The molecule has 6 nitrogen and oxygen atoms in total. The molecule has 0 bridgehead atoms. The molecule has 150 valence electrons. The van der Waals surface area contributed by atoms with Gasteiger partial charge in [-0.25, -0.2) is 8.42 Å². The van der Waals surface area contributed by atoms with Crippen LogP contribution in [0.5, 0.6) is 5.75 Å². The van der Waals surface area contributed by atoms with Crippen LogP contribution in [0.15, 0.2) is 65.6 Å². The van der Waals surface area contributed by atoms with Gasteiger partial charge in [0.15, 0.2) is 0 Å². The van der Waals surface area contributed by atoms with Crippen molar-refractivity contribution in [3.8, 4) is 5.75 Å². The molecule has 0 aliphatic carbocycles. The van der Waals surface area contributed by atoms with E-state index in [9.17, 15) is 13.2 Å². The topological polar surface area (TPSA) is 75.7 Å². The Kier molecular flexibility index (Phi) is 5.15. The molecule has 1 aliphatic heterocycles. The maximum atomic E-state index is 13.0. The van der Waals surface area contributed by atoms with Crippen molar-refractivity contribution in [2.75, 3.05) is 22.8 Å². The van der Waals surface area contributed by atoms with Crippen molar-refractivity contribution < 1.29 is 17.9 Å². The second kappa shape index (κ2) is 7.75. The Morgan fingerprint density at radius 3 is 2.59 bits per heavy atom. The fourth-order valence-corrected chi connectivity index (χ4v) is 5.14. The zero-order valence-corrected chi connectivity index (χ0v) is 16.9. The number of ether oxygens (including phenoxy) is 1. The molecule has 0 radical (unpaired) electrons. The maximum absolute atomic E-state index is 13.0. The number of nitrogens with zero attached hydrogens (tertiary/aromatic N) is 1. The summed E-state index contributed by atoms with van der Waals surface area (Å²) < 4.78 is 32.9. The van der Waals surface area contributed by atoms with Gasteiger partial charge in [-0.15, -0.1) is 0 Å². The van der Waals surface area contributed by atoms with Gasteiger partial charge in [0.25, 0.3) is 10.0 Å². The molecule has 1 heterocycles. The average molecular weight is 410 g/mol. The minimum Gasteiger partial charge on any atom is -0.491 e. The van der Waals surface area contributed by atoms with Crippen molar-refractivity contribution in [2.24, 2.45) is 0 Å². The number of carbonyl (C=O) groups excluding carboxylic acids is 1. The number of rotatable bonds is 7. The van der Waals surface area contributed by atoms with Crippen molar-refractivity contribution >= 4 is 38.1 Å². The molecule has 0 saturated heterocycles. The standard InChI is InChI=1S/C22H22N2O4S/c1-2-3-14-28-19-12-5-4-10-17(19)23-21(25)15-24-18-11-6-8-16-9-7-13-20(22(16)18)29(24,26)27/h4-13H,2-3,14-15H2,1H3,(H,23,25). The Morgan fingerprint density at radius 2 is 1.79 bits per heavy atom. The van der Waals surface area contributed by atoms with E-state index in [1.54, 1.807) is 42.5 Å². The van der Waals surface area contributed by atoms with Crippen LogP contribution < -0.4 is 14.4 Å². The van der Waals surface area contributed by atoms with E-state index < -0.39 is 15.9 Å². The van der Waals surface area contributed by atoms with Crippen LogP contribution in [0.1, 0.15) is 19.8 Å². The fraction of sp³-hybridized carbons (Fsp3) is 0.227. The van der Waals surface area contributed by atoms with Crippen LogP contribution in [0.2, 0.25) is 0 Å². The SMILES string of the molecule is CCCCOc1ccccc1NC(=O)CN1c2cccc3cccc(c23)S1(=O)=O. The van der Waals surface area contributed by atoms with Crippen LogP contribution >= 0.6 is 0 Å². The normalized spacial score (nSPS) is 14.2. The van der Waals surface area contributed by atoms with Crippen LogP contribution in [0.25, 0.3) is 10.8 Å². The average Bonchev–Trinajstić information content (AvgIpc) is 2.93. The molecule has 0 unspecified atom stereocenters. The van der Waals surface area contributed by atoms with Crippen molar-refractivity contribution in [3.05, 3.63) is 60.7 Å². The molecule has 3 aromatic rings. The number of amides is 1. The Bertz CT molecular complexity index is 1170. The van der Waals surface area contributed by atoms with Gasteiger partial charge in [0.1, 0.15) is 12.3 Å². The Hall–Kier alpha value is -3.06. The lowest BCUT2D eigenvalue weighted by atomic mass is 10.1. The van der Waals surface area contributed by atoms with Crippen molar-refractivity contribution in [1.82, 2.24) is 0 Å². The smallest absolute Gasteiger partial charge is 0.265 e. The van der Waals surface area contributed by atoms with Gasteiger partial charge >= 0.3 is 0 Å². The Morgan fingerprint density at radius 1 is 1.03 bits per heavy atom. The number of nitrogens with one attached hydrogen (secondary N) is 1. The number of para-hydroxylation sites is 2. The number of anilines is 2. The molecule has 3 aromatic carbocycles. The van der Waals surface area contributed by atoms with Crippen molar-refractivity contribution in [1.29, 1.82) is 0 Å². The third kappa shape index (κ3) is 3.53. The second-order valence-corrected chi connectivity index (χ2v) is 8.72. The first-order valence-corrected chi connectivity index (χ1v) is 11.0. The number of carbonyl (C=O) groups is 1. The lowest BCUT2D eigenvalue weighted by Crippen LogP contribution is -2.35. The molecule has 0 atom stereocenters. The van der Waals surface area contributed by atoms with Gasteiger partial charge in [0.2, 0.25) is 5.91 Å². The molecule has 0 aromatic heterocycles. The van der Waals surface area contributed by atoms with Crippen LogP contribution in [0.4, 0.5) is 11.4 Å². The summed E-state index contributed by atoms with van der Waals surface area (Å²) in [6, 6.07) is 17.7. The maximum Gasteiger partial charge on any atom is 0.265 e. The highest BCUT2D eigenvalue weighted by Gasteiger charge is 2.36. The molecular weight excluding hydrogens is 388 g/mol. The lowest BCUT2D eigenvalue weighted by Gasteiger charge is -2.19. The number of hydrogen-bond acceptors (Lipinski definition) is 4. The van der Waals surface area contributed by atoms with Gasteiger partial charge in [-0.05, 0) is 36.1 Å². The van der Waals surface area contributed by atoms with Gasteiger partial charge in [0, 0.05) is 5.39 Å². The van der Waals surface area contributed by atoms with E-state index in [1.165, 1.54) is 4.31 Å². The summed E-state index contributed by atoms with van der Waals surface area (Å²) in [7, 11) is -3.77. The van der Waals surface area contributed by atoms with Crippen LogP contribution in [-0.4, -0.2) is 27.5 Å². The van der Waals surface area contributed by atoms with Gasteiger partial charge in [-0.1, -0.05) is 49.7 Å². The molecular formula is C22H22N2O4S. The summed E-state index contributed by atoms with van der Waals surface area (Å²) in [4.78, 5) is 13.0. The van der Waals surface area contributed by atoms with Crippen LogP contribution in [-0.2, 0) is 14.8 Å². The summed E-state index contributed by atoms with van der Waals surface area (Å²) >= 11 is 0. The fourth-order valence-electron chi connectivity index (χ4n) is 3.47. The molecule has 1 N–H and O–H groups in total. The first kappa shape index (κ1) is 19.3. The van der Waals surface area contributed by atoms with Gasteiger partial charge in [-0.3, -0.25) is 9.10 Å². The Balaban J connectivity index is 1.57. The zero-order chi connectivity index (χ0) is 20.4. The van der Waals surface area contributed by atoms with Gasteiger partial charge in [-0.2, -0.15) is 0 Å². The third-order valence-corrected chi connectivity index (χ3v) is 6.69. The van der Waals surface area contributed by atoms with E-state index in [4.69, 9.17) is 4.74 Å². The number of benzene rings is 3. The molecule has 7 heteroatoms. The molecule has 29 heavy (non-hydrogen) atoms. The molecule has 1 amide bonds. The van der Waals surface area contributed by atoms with Gasteiger partial charge < -0.3 is 10.1 Å². The predicted molar refractivity (Wildman–Crippen MR) is 114 cm³/mol. The quantitative estimate of drug-likeness (QED) is 0.593. The highest BCUT2D eigenvalue weighted by atomic mass is 32.2. The summed E-state index contributed by atoms with van der Waals surface area (Å²) in [5, 5.41) is 4.28. The predicted octanol–water partition coefficient (Wildman–Crippen LogP) is 4.17. The van der Waals surface area contributed by atoms with E-state index in [0.717, 1.165) is 18.2 Å². The Labute approximate surface area is 170 Å². The molecule has 4 rings (SSSR count). The summed E-state index contributed by atoms with van der Waals surface area (Å²) in [6.07, 6.45) is 1.92. The number of unbranched alkanes of at least 4 members (excludes halogenated alkanes) is 1. The third-order valence-electron chi connectivity index (χ3n) is 4.89. The zero-order valence-electron chi connectivity index (χ0n) is 16.1. The van der Waals surface area contributed by atoms with E-state index in [-0.39, 0.29) is 11.4 Å². The monoisotopic (exact) mass is 410 g/mol. The number of hydrogen-bond donors (Lipinski definition) is 1. The molecule has 1 aliphatic rings. The largest absolute Gasteiger partial charge is 0.491 e. The summed E-state index contributed by atoms with van der Waals surface area (Å²) in [6.45, 7) is 2.33. The molecule has 0 spiro atoms. The second-order valence-electron chi connectivity index (χ2n) is 6.89. The minimum absolute atomic E-state index is 0.238. The van der Waals surface area contributed by atoms with Crippen molar-refractivity contribution in [3.63, 3.8) is 0 Å². The van der Waals surface area contributed by atoms with Crippen molar-refractivity contribution in [2.45, 2.75) is 24.7 Å². The number of sulfonamides is 1. The van der Waals surface area contributed by atoms with Crippen LogP contribution in [0.3, 0.4) is 0 Å². The molecule has 0 fully saturated rings. The first-order valence-electron chi connectivity index (χ1n) is 9.58. The summed E-state index contributed by atoms with van der Waals surface area (Å²) in [5.41, 5.74) is 1.06.